The number of likely N-dealkylation sites (tertiary alicyclic amines) is 1. The zero-order valence-electron chi connectivity index (χ0n) is 23.9. The average molecular weight is 536 g/mol. The summed E-state index contributed by atoms with van der Waals surface area (Å²) >= 11 is 0. The van der Waals surface area contributed by atoms with Crippen LogP contribution in [0.5, 0.6) is 0 Å². The molecular formula is C30H49NO7. The van der Waals surface area contributed by atoms with E-state index in [0.29, 0.717) is 96.7 Å². The van der Waals surface area contributed by atoms with Gasteiger partial charge in [-0.15, -0.1) is 0 Å². The predicted octanol–water partition coefficient (Wildman–Crippen LogP) is 3.97. The molecule has 1 atom stereocenters. The van der Waals surface area contributed by atoms with Crippen LogP contribution in [-0.2, 0) is 33.3 Å². The number of benzene rings is 1. The minimum absolute atomic E-state index is 0.0618. The molecule has 0 saturated carbocycles. The van der Waals surface area contributed by atoms with Crippen molar-refractivity contribution in [2.24, 2.45) is 17.8 Å². The summed E-state index contributed by atoms with van der Waals surface area (Å²) in [5.41, 5.74) is 1.37. The molecule has 1 aromatic rings. The SMILES string of the molecule is CC(C)C(=O)CCOCCOCCOCCOCCOCCC(=O)N1CC([C@@H](c2ccccc2)C(C)C)C1. The van der Waals surface area contributed by atoms with Gasteiger partial charge in [-0.05, 0) is 17.4 Å². The first-order valence-corrected chi connectivity index (χ1v) is 14.1. The van der Waals surface area contributed by atoms with Gasteiger partial charge >= 0.3 is 0 Å². The highest BCUT2D eigenvalue weighted by Gasteiger charge is 2.37. The average Bonchev–Trinajstić information content (AvgIpc) is 2.87. The Balaban J connectivity index is 1.35. The zero-order chi connectivity index (χ0) is 27.6. The lowest BCUT2D eigenvalue weighted by Gasteiger charge is -2.45. The molecule has 0 aromatic heterocycles. The van der Waals surface area contributed by atoms with Gasteiger partial charge in [0.1, 0.15) is 5.78 Å². The number of Topliss-reactive ketones (excluding diaryl/α,β-unsaturated/α-hetero) is 1. The van der Waals surface area contributed by atoms with Gasteiger partial charge in [-0.25, -0.2) is 0 Å². The van der Waals surface area contributed by atoms with Crippen molar-refractivity contribution in [3.05, 3.63) is 35.9 Å². The number of hydrogen-bond donors (Lipinski definition) is 0. The van der Waals surface area contributed by atoms with Crippen molar-refractivity contribution in [3.63, 3.8) is 0 Å². The van der Waals surface area contributed by atoms with Gasteiger partial charge in [0.2, 0.25) is 5.91 Å². The van der Waals surface area contributed by atoms with Crippen LogP contribution in [0.25, 0.3) is 0 Å². The van der Waals surface area contributed by atoms with Crippen LogP contribution in [0.4, 0.5) is 0 Å². The third-order valence-corrected chi connectivity index (χ3v) is 6.76. The van der Waals surface area contributed by atoms with Gasteiger partial charge in [-0.1, -0.05) is 58.0 Å². The van der Waals surface area contributed by atoms with Gasteiger partial charge in [-0.3, -0.25) is 9.59 Å². The van der Waals surface area contributed by atoms with E-state index in [4.69, 9.17) is 23.7 Å². The number of ether oxygens (including phenoxy) is 5. The number of ketones is 1. The summed E-state index contributed by atoms with van der Waals surface area (Å²) in [5, 5.41) is 0. The van der Waals surface area contributed by atoms with Crippen molar-refractivity contribution in [2.75, 3.05) is 79.2 Å². The van der Waals surface area contributed by atoms with Crippen LogP contribution in [0.2, 0.25) is 0 Å². The molecule has 8 nitrogen and oxygen atoms in total. The van der Waals surface area contributed by atoms with E-state index in [2.05, 4.69) is 44.2 Å². The summed E-state index contributed by atoms with van der Waals surface area (Å²) in [6, 6.07) is 10.6. The van der Waals surface area contributed by atoms with Crippen molar-refractivity contribution in [3.8, 4) is 0 Å². The lowest BCUT2D eigenvalue weighted by molar-refractivity contribution is -0.139. The molecule has 216 valence electrons. The van der Waals surface area contributed by atoms with Crippen LogP contribution in [-0.4, -0.2) is 95.7 Å². The fourth-order valence-electron chi connectivity index (χ4n) is 4.58. The molecule has 1 aliphatic rings. The van der Waals surface area contributed by atoms with Crippen LogP contribution in [0, 0.1) is 17.8 Å². The van der Waals surface area contributed by atoms with Gasteiger partial charge in [0.15, 0.2) is 0 Å². The lowest BCUT2D eigenvalue weighted by atomic mass is 9.74. The van der Waals surface area contributed by atoms with E-state index in [1.807, 2.05) is 18.7 Å². The van der Waals surface area contributed by atoms with E-state index in [-0.39, 0.29) is 17.6 Å². The standard InChI is InChI=1S/C30H49NO7/c1-24(2)28(32)10-12-34-14-16-36-18-20-38-21-19-37-17-15-35-13-11-29(33)31-22-27(23-31)30(25(3)4)26-8-6-5-7-9-26/h5-9,24-25,27,30H,10-23H2,1-4H3/t30-/m1/s1. The Kier molecular flexibility index (Phi) is 16.4. The van der Waals surface area contributed by atoms with Gasteiger partial charge < -0.3 is 28.6 Å². The summed E-state index contributed by atoms with van der Waals surface area (Å²) in [5.74, 6) is 2.01. The third-order valence-electron chi connectivity index (χ3n) is 6.76. The highest BCUT2D eigenvalue weighted by molar-refractivity contribution is 5.80. The summed E-state index contributed by atoms with van der Waals surface area (Å²) in [7, 11) is 0. The largest absolute Gasteiger partial charge is 0.379 e. The third kappa shape index (κ3) is 12.8. The maximum atomic E-state index is 12.5. The lowest BCUT2D eigenvalue weighted by Crippen LogP contribution is -2.53. The fourth-order valence-corrected chi connectivity index (χ4v) is 4.58. The fraction of sp³-hybridized carbons (Fsp3) is 0.733. The van der Waals surface area contributed by atoms with E-state index in [0.717, 1.165) is 13.1 Å². The first-order chi connectivity index (χ1) is 18.4. The van der Waals surface area contributed by atoms with Crippen LogP contribution < -0.4 is 0 Å². The quantitative estimate of drug-likeness (QED) is 0.208. The Morgan fingerprint density at radius 3 is 1.61 bits per heavy atom. The molecular weight excluding hydrogens is 486 g/mol. The van der Waals surface area contributed by atoms with E-state index < -0.39 is 0 Å². The van der Waals surface area contributed by atoms with E-state index in [1.165, 1.54) is 5.56 Å². The molecule has 1 aliphatic heterocycles. The highest BCUT2D eigenvalue weighted by Crippen LogP contribution is 2.37. The molecule has 8 heteroatoms. The summed E-state index contributed by atoms with van der Waals surface area (Å²) < 4.78 is 27.3. The van der Waals surface area contributed by atoms with Gasteiger partial charge in [0, 0.05) is 31.3 Å². The normalized spacial score (nSPS) is 14.7. The number of carbonyl (C=O) groups excluding carboxylic acids is 2. The predicted molar refractivity (Wildman–Crippen MR) is 147 cm³/mol. The molecule has 1 saturated heterocycles. The molecule has 2 rings (SSSR count). The smallest absolute Gasteiger partial charge is 0.224 e. The Hall–Kier alpha value is -1.84. The second-order valence-corrected chi connectivity index (χ2v) is 10.4. The molecule has 0 radical (unpaired) electrons. The second kappa shape index (κ2) is 19.3. The van der Waals surface area contributed by atoms with Gasteiger partial charge in [0.25, 0.3) is 0 Å². The molecule has 0 aliphatic carbocycles. The molecule has 0 spiro atoms. The summed E-state index contributed by atoms with van der Waals surface area (Å²) in [4.78, 5) is 25.9. The minimum atomic E-state index is 0.0618. The molecule has 1 amide bonds. The van der Waals surface area contributed by atoms with Crippen LogP contribution in [0.1, 0.15) is 52.0 Å². The van der Waals surface area contributed by atoms with Crippen molar-refractivity contribution in [1.29, 1.82) is 0 Å². The zero-order valence-corrected chi connectivity index (χ0v) is 23.9. The Labute approximate surface area is 229 Å². The number of amides is 1. The van der Waals surface area contributed by atoms with E-state index in [9.17, 15) is 9.59 Å². The Morgan fingerprint density at radius 2 is 1.16 bits per heavy atom. The molecule has 1 heterocycles. The van der Waals surface area contributed by atoms with Crippen LogP contribution in [0.15, 0.2) is 30.3 Å². The van der Waals surface area contributed by atoms with Crippen LogP contribution >= 0.6 is 0 Å². The van der Waals surface area contributed by atoms with Crippen molar-refractivity contribution in [2.45, 2.75) is 46.5 Å². The Morgan fingerprint density at radius 1 is 0.711 bits per heavy atom. The maximum absolute atomic E-state index is 12.5. The minimum Gasteiger partial charge on any atom is -0.379 e. The van der Waals surface area contributed by atoms with E-state index >= 15 is 0 Å². The van der Waals surface area contributed by atoms with E-state index in [1.54, 1.807) is 0 Å². The number of hydrogen-bond acceptors (Lipinski definition) is 7. The van der Waals surface area contributed by atoms with Gasteiger partial charge in [0.05, 0.1) is 72.5 Å². The van der Waals surface area contributed by atoms with Crippen molar-refractivity contribution in [1.82, 2.24) is 4.90 Å². The molecule has 0 N–H and O–H groups in total. The second-order valence-electron chi connectivity index (χ2n) is 10.4. The summed E-state index contributed by atoms with van der Waals surface area (Å²) in [6.07, 6.45) is 0.867. The first kappa shape index (κ1) is 32.4. The molecule has 0 bridgehead atoms. The highest BCUT2D eigenvalue weighted by atomic mass is 16.6. The van der Waals surface area contributed by atoms with Crippen molar-refractivity contribution >= 4 is 11.7 Å². The molecule has 38 heavy (non-hydrogen) atoms. The Bertz CT molecular complexity index is 765. The van der Waals surface area contributed by atoms with Crippen molar-refractivity contribution < 1.29 is 33.3 Å². The number of rotatable bonds is 22. The molecule has 1 aromatic carbocycles. The number of carbonyl (C=O) groups is 2. The van der Waals surface area contributed by atoms with Crippen LogP contribution in [0.3, 0.4) is 0 Å². The molecule has 0 unspecified atom stereocenters. The van der Waals surface area contributed by atoms with Gasteiger partial charge in [-0.2, -0.15) is 0 Å². The maximum Gasteiger partial charge on any atom is 0.224 e. The topological polar surface area (TPSA) is 83.5 Å². The molecule has 1 fully saturated rings. The number of nitrogens with zero attached hydrogens (tertiary/aromatic N) is 1. The summed E-state index contributed by atoms with van der Waals surface area (Å²) in [6.45, 7) is 14.7. The first-order valence-electron chi connectivity index (χ1n) is 14.1. The monoisotopic (exact) mass is 535 g/mol.